The molecule has 25 heavy (non-hydrogen) atoms. The van der Waals surface area contributed by atoms with Crippen LogP contribution in [0.4, 0.5) is 10.1 Å². The van der Waals surface area contributed by atoms with Crippen LogP contribution in [0.25, 0.3) is 5.65 Å². The number of rotatable bonds is 5. The van der Waals surface area contributed by atoms with Crippen molar-refractivity contribution >= 4 is 29.0 Å². The van der Waals surface area contributed by atoms with Crippen molar-refractivity contribution in [1.82, 2.24) is 19.4 Å². The number of hydrogen-bond donors (Lipinski definition) is 1. The van der Waals surface area contributed by atoms with Crippen LogP contribution < -0.4 is 11.0 Å². The molecule has 2 aromatic heterocycles. The van der Waals surface area contributed by atoms with Gasteiger partial charge in [-0.1, -0.05) is 26.0 Å². The molecule has 0 saturated heterocycles. The van der Waals surface area contributed by atoms with Crippen LogP contribution in [-0.4, -0.2) is 30.6 Å². The molecule has 0 spiro atoms. The quantitative estimate of drug-likeness (QED) is 0.705. The Balaban J connectivity index is 1.82. The normalized spacial score (nSPS) is 11.2. The van der Waals surface area contributed by atoms with Crippen LogP contribution in [0.1, 0.15) is 13.8 Å². The highest BCUT2D eigenvalue weighted by atomic mass is 32.2. The molecule has 0 aliphatic carbocycles. The number of para-hydroxylation sites is 1. The fraction of sp³-hybridized carbons (Fsp3) is 0.250. The van der Waals surface area contributed by atoms with Crippen LogP contribution in [0.15, 0.2) is 46.2 Å². The molecule has 1 amide bonds. The summed E-state index contributed by atoms with van der Waals surface area (Å²) in [6.45, 7) is 3.72. The van der Waals surface area contributed by atoms with Gasteiger partial charge in [-0.15, -0.1) is 16.9 Å². The Morgan fingerprint density at radius 3 is 2.72 bits per heavy atom. The second kappa shape index (κ2) is 7.06. The molecule has 0 radical (unpaired) electrons. The first kappa shape index (κ1) is 17.2. The molecule has 0 unspecified atom stereocenters. The van der Waals surface area contributed by atoms with Crippen molar-refractivity contribution < 1.29 is 9.18 Å². The first-order valence-electron chi connectivity index (χ1n) is 7.62. The highest BCUT2D eigenvalue weighted by molar-refractivity contribution is 7.99. The molecule has 0 atom stereocenters. The van der Waals surface area contributed by atoms with E-state index in [0.717, 1.165) is 9.20 Å². The monoisotopic (exact) mass is 361 g/mol. The highest BCUT2D eigenvalue weighted by Crippen LogP contribution is 2.19. The first-order chi connectivity index (χ1) is 11.9. The maximum Gasteiger partial charge on any atom is 0.367 e. The summed E-state index contributed by atoms with van der Waals surface area (Å²) >= 11 is 1.52. The smallest absolute Gasteiger partial charge is 0.322 e. The van der Waals surface area contributed by atoms with Crippen LogP contribution >= 0.6 is 11.8 Å². The van der Waals surface area contributed by atoms with Crippen molar-refractivity contribution in [3.63, 3.8) is 0 Å². The molecule has 0 fully saturated rings. The van der Waals surface area contributed by atoms with E-state index in [9.17, 15) is 14.0 Å². The number of halogens is 1. The number of nitrogens with one attached hydrogen (secondary N) is 1. The molecule has 2 heterocycles. The molecule has 1 aromatic carbocycles. The van der Waals surface area contributed by atoms with Gasteiger partial charge in [-0.25, -0.2) is 13.9 Å². The second-order valence-corrected chi connectivity index (χ2v) is 7.17. The molecule has 7 nitrogen and oxygen atoms in total. The second-order valence-electron chi connectivity index (χ2n) is 5.58. The molecule has 1 N–H and O–H groups in total. The Kier molecular flexibility index (Phi) is 4.84. The van der Waals surface area contributed by atoms with Crippen LogP contribution in [0.5, 0.6) is 0 Å². The third-order valence-electron chi connectivity index (χ3n) is 3.21. The van der Waals surface area contributed by atoms with Crippen molar-refractivity contribution in [1.29, 1.82) is 0 Å². The Morgan fingerprint density at radius 2 is 2.00 bits per heavy atom. The van der Waals surface area contributed by atoms with E-state index in [4.69, 9.17) is 0 Å². The van der Waals surface area contributed by atoms with E-state index < -0.39 is 17.4 Å². The number of aromatic nitrogens is 4. The summed E-state index contributed by atoms with van der Waals surface area (Å²) in [6, 6.07) is 9.26. The zero-order chi connectivity index (χ0) is 18.0. The van der Waals surface area contributed by atoms with Gasteiger partial charge in [-0.3, -0.25) is 4.79 Å². The van der Waals surface area contributed by atoms with Crippen LogP contribution in [-0.2, 0) is 11.3 Å². The Labute approximate surface area is 146 Å². The van der Waals surface area contributed by atoms with E-state index in [1.165, 1.54) is 30.0 Å². The average Bonchev–Trinajstić information content (AvgIpc) is 2.85. The van der Waals surface area contributed by atoms with Crippen LogP contribution in [0.3, 0.4) is 0 Å². The minimum Gasteiger partial charge on any atom is -0.322 e. The maximum absolute atomic E-state index is 13.6. The number of anilines is 1. The molecule has 130 valence electrons. The molecular weight excluding hydrogens is 345 g/mol. The van der Waals surface area contributed by atoms with Gasteiger partial charge >= 0.3 is 5.69 Å². The van der Waals surface area contributed by atoms with Gasteiger partial charge in [-0.2, -0.15) is 9.61 Å². The molecular formula is C16H16FN5O2S. The van der Waals surface area contributed by atoms with E-state index >= 15 is 0 Å². The number of carbonyl (C=O) groups is 1. The molecule has 3 rings (SSSR count). The molecule has 9 heteroatoms. The number of nitrogens with zero attached hydrogens (tertiary/aromatic N) is 4. The molecule has 0 saturated carbocycles. The maximum atomic E-state index is 13.6. The third-order valence-corrected chi connectivity index (χ3v) is 4.14. The Bertz CT molecular complexity index is 982. The predicted octanol–water partition coefficient (Wildman–Crippen LogP) is 2.17. The summed E-state index contributed by atoms with van der Waals surface area (Å²) in [7, 11) is 0. The van der Waals surface area contributed by atoms with Gasteiger partial charge in [0.15, 0.2) is 5.65 Å². The lowest BCUT2D eigenvalue weighted by Crippen LogP contribution is -2.29. The highest BCUT2D eigenvalue weighted by Gasteiger charge is 2.14. The summed E-state index contributed by atoms with van der Waals surface area (Å²) in [5.41, 5.74) is -0.125. The summed E-state index contributed by atoms with van der Waals surface area (Å²) in [6.07, 6.45) is 0. The molecule has 0 aliphatic rings. The molecule has 3 aromatic rings. The van der Waals surface area contributed by atoms with Crippen molar-refractivity contribution in [2.75, 3.05) is 5.32 Å². The van der Waals surface area contributed by atoms with Crippen LogP contribution in [0, 0.1) is 5.82 Å². The van der Waals surface area contributed by atoms with Gasteiger partial charge in [0.2, 0.25) is 5.91 Å². The summed E-state index contributed by atoms with van der Waals surface area (Å²) in [5.74, 6) is -1.09. The number of carbonyl (C=O) groups excluding carboxylic acids is 1. The summed E-state index contributed by atoms with van der Waals surface area (Å²) < 4.78 is 15.7. The van der Waals surface area contributed by atoms with E-state index in [0.29, 0.717) is 15.9 Å². The van der Waals surface area contributed by atoms with Gasteiger partial charge in [0, 0.05) is 5.25 Å². The van der Waals surface area contributed by atoms with Crippen molar-refractivity contribution in [2.45, 2.75) is 30.7 Å². The fourth-order valence-electron chi connectivity index (χ4n) is 2.19. The summed E-state index contributed by atoms with van der Waals surface area (Å²) in [5, 5.41) is 11.7. The molecule has 0 aliphatic heterocycles. The van der Waals surface area contributed by atoms with Crippen LogP contribution in [0.2, 0.25) is 0 Å². The van der Waals surface area contributed by atoms with Crippen molar-refractivity contribution in [3.8, 4) is 0 Å². The molecule has 0 bridgehead atoms. The zero-order valence-electron chi connectivity index (χ0n) is 13.6. The van der Waals surface area contributed by atoms with Gasteiger partial charge in [-0.05, 0) is 24.3 Å². The van der Waals surface area contributed by atoms with E-state index in [1.54, 1.807) is 18.2 Å². The minimum atomic E-state index is -0.549. The van der Waals surface area contributed by atoms with Crippen molar-refractivity contribution in [2.24, 2.45) is 0 Å². The average molecular weight is 361 g/mol. The van der Waals surface area contributed by atoms with E-state index in [1.807, 2.05) is 13.8 Å². The van der Waals surface area contributed by atoms with Gasteiger partial charge in [0.05, 0.1) is 5.69 Å². The van der Waals surface area contributed by atoms with Gasteiger partial charge in [0.25, 0.3) is 0 Å². The Hall–Kier alpha value is -2.68. The lowest BCUT2D eigenvalue weighted by Gasteiger charge is -2.05. The lowest BCUT2D eigenvalue weighted by atomic mass is 10.3. The lowest BCUT2D eigenvalue weighted by molar-refractivity contribution is -0.117. The minimum absolute atomic E-state index is 0.0538. The number of benzene rings is 1. The Morgan fingerprint density at radius 1 is 1.24 bits per heavy atom. The number of hydrogen-bond acceptors (Lipinski definition) is 5. The number of thioether (sulfide) groups is 1. The SMILES string of the molecule is CC(C)Sc1ccc2nn(CC(=O)Nc3ccccc3F)c(=O)n2n1. The standard InChI is InChI=1S/C16H16FN5O2S/c1-10(2)25-15-8-7-13-19-21(16(24)22(13)20-15)9-14(23)18-12-6-4-3-5-11(12)17/h3-8,10H,9H2,1-2H3,(H,18,23). The predicted molar refractivity (Wildman–Crippen MR) is 93.3 cm³/mol. The van der Waals surface area contributed by atoms with Gasteiger partial charge in [0.1, 0.15) is 17.4 Å². The third kappa shape index (κ3) is 3.87. The van der Waals surface area contributed by atoms with Crippen molar-refractivity contribution in [3.05, 3.63) is 52.7 Å². The largest absolute Gasteiger partial charge is 0.367 e. The fourth-order valence-corrected chi connectivity index (χ4v) is 2.95. The number of amides is 1. The summed E-state index contributed by atoms with van der Waals surface area (Å²) in [4.78, 5) is 24.4. The van der Waals surface area contributed by atoms with E-state index in [-0.39, 0.29) is 12.2 Å². The van der Waals surface area contributed by atoms with E-state index in [2.05, 4.69) is 15.5 Å². The topological polar surface area (TPSA) is 81.3 Å². The zero-order valence-corrected chi connectivity index (χ0v) is 14.5. The first-order valence-corrected chi connectivity index (χ1v) is 8.50. The van der Waals surface area contributed by atoms with Gasteiger partial charge < -0.3 is 5.32 Å². The number of fused-ring (bicyclic) bond motifs is 1.